The fraction of sp³-hybridized carbons (Fsp3) is 0.429. The lowest BCUT2D eigenvalue weighted by atomic mass is 9.96. The van der Waals surface area contributed by atoms with Gasteiger partial charge in [0.2, 0.25) is 0 Å². The minimum Gasteiger partial charge on any atom is -0.387 e. The Morgan fingerprint density at radius 3 is 2.83 bits per heavy atom. The van der Waals surface area contributed by atoms with Crippen molar-refractivity contribution >= 4 is 11.7 Å². The molecule has 0 spiro atoms. The third kappa shape index (κ3) is 2.53. The van der Waals surface area contributed by atoms with Crippen molar-refractivity contribution in [3.05, 3.63) is 35.4 Å². The number of nitrogens with one attached hydrogen (secondary N) is 1. The van der Waals surface area contributed by atoms with E-state index in [4.69, 9.17) is 11.1 Å². The zero-order valence-corrected chi connectivity index (χ0v) is 10.6. The largest absolute Gasteiger partial charge is 0.387 e. The summed E-state index contributed by atoms with van der Waals surface area (Å²) >= 11 is 0. The van der Waals surface area contributed by atoms with E-state index in [1.54, 1.807) is 0 Å². The number of nitrogens with zero attached hydrogens (tertiary/aromatic N) is 1. The highest BCUT2D eigenvalue weighted by Crippen LogP contribution is 2.19. The molecule has 4 nitrogen and oxygen atoms in total. The molecule has 1 fully saturated rings. The van der Waals surface area contributed by atoms with E-state index in [-0.39, 0.29) is 17.7 Å². The molecule has 0 aromatic heterocycles. The van der Waals surface area contributed by atoms with Crippen LogP contribution < -0.4 is 5.73 Å². The van der Waals surface area contributed by atoms with Crippen molar-refractivity contribution in [2.75, 3.05) is 13.1 Å². The monoisotopic (exact) mass is 245 g/mol. The van der Waals surface area contributed by atoms with E-state index in [9.17, 15) is 4.79 Å². The molecule has 0 radical (unpaired) electrons. The Morgan fingerprint density at radius 1 is 1.44 bits per heavy atom. The Labute approximate surface area is 107 Å². The first-order valence-electron chi connectivity index (χ1n) is 6.28. The van der Waals surface area contributed by atoms with E-state index >= 15 is 0 Å². The molecule has 2 rings (SSSR count). The maximum Gasteiger partial charge on any atom is 0.254 e. The lowest BCUT2D eigenvalue weighted by Crippen LogP contribution is -2.44. The fourth-order valence-electron chi connectivity index (χ4n) is 2.40. The first kappa shape index (κ1) is 12.6. The van der Waals surface area contributed by atoms with E-state index in [1.165, 1.54) is 0 Å². The van der Waals surface area contributed by atoms with Gasteiger partial charge in [0.1, 0.15) is 0 Å². The first-order valence-corrected chi connectivity index (χ1v) is 6.28. The molecule has 1 unspecified atom stereocenters. The number of amides is 1. The summed E-state index contributed by atoms with van der Waals surface area (Å²) in [5.41, 5.74) is 7.29. The van der Waals surface area contributed by atoms with E-state index in [2.05, 4.69) is 0 Å². The van der Waals surface area contributed by atoms with Crippen LogP contribution in [0.3, 0.4) is 0 Å². The van der Waals surface area contributed by atoms with Crippen LogP contribution in [-0.4, -0.2) is 29.7 Å². The van der Waals surface area contributed by atoms with Crippen LogP contribution in [0.2, 0.25) is 0 Å². The van der Waals surface area contributed by atoms with Gasteiger partial charge in [0, 0.05) is 24.6 Å². The molecule has 0 aliphatic carbocycles. The number of hydrogen-bond acceptors (Lipinski definition) is 2. The summed E-state index contributed by atoms with van der Waals surface area (Å²) in [7, 11) is 0. The van der Waals surface area contributed by atoms with E-state index in [1.807, 2.05) is 36.1 Å². The molecule has 1 aromatic rings. The minimum atomic E-state index is 0.0201. The van der Waals surface area contributed by atoms with Gasteiger partial charge in [-0.2, -0.15) is 0 Å². The smallest absolute Gasteiger partial charge is 0.254 e. The lowest BCUT2D eigenvalue weighted by Gasteiger charge is -2.32. The highest BCUT2D eigenvalue weighted by molar-refractivity contribution is 5.96. The molecular weight excluding hydrogens is 226 g/mol. The van der Waals surface area contributed by atoms with Gasteiger partial charge in [-0.15, -0.1) is 0 Å². The van der Waals surface area contributed by atoms with Crippen molar-refractivity contribution in [2.24, 2.45) is 11.7 Å². The van der Waals surface area contributed by atoms with Crippen LogP contribution in [0.25, 0.3) is 0 Å². The van der Waals surface area contributed by atoms with Gasteiger partial charge in [0.15, 0.2) is 0 Å². The lowest BCUT2D eigenvalue weighted by molar-refractivity contribution is 0.0702. The summed E-state index contributed by atoms with van der Waals surface area (Å²) in [5.74, 6) is 0.267. The predicted octanol–water partition coefficient (Wildman–Crippen LogP) is 1.78. The van der Waals surface area contributed by atoms with E-state index in [0.29, 0.717) is 6.54 Å². The standard InChI is InChI=1S/C14H19N3O/c1-10-5-2-3-7-12(10)14(18)17-8-4-6-11(9-17)13(15)16/h2-3,5,7,11H,4,6,8-9H2,1H3,(H3,15,16). The molecular formula is C14H19N3O. The summed E-state index contributed by atoms with van der Waals surface area (Å²) in [6.07, 6.45) is 1.83. The quantitative estimate of drug-likeness (QED) is 0.616. The second-order valence-corrected chi connectivity index (χ2v) is 4.86. The van der Waals surface area contributed by atoms with Crippen LogP contribution >= 0.6 is 0 Å². The number of likely N-dealkylation sites (tertiary alicyclic amines) is 1. The van der Waals surface area contributed by atoms with E-state index in [0.717, 1.165) is 30.5 Å². The van der Waals surface area contributed by atoms with Gasteiger partial charge in [-0.3, -0.25) is 10.2 Å². The molecule has 0 bridgehead atoms. The summed E-state index contributed by atoms with van der Waals surface area (Å²) < 4.78 is 0. The van der Waals surface area contributed by atoms with E-state index < -0.39 is 0 Å². The molecule has 1 saturated heterocycles. The first-order chi connectivity index (χ1) is 8.59. The number of carbonyl (C=O) groups excluding carboxylic acids is 1. The summed E-state index contributed by atoms with van der Waals surface area (Å²) in [5, 5.41) is 7.51. The second-order valence-electron chi connectivity index (χ2n) is 4.86. The van der Waals surface area contributed by atoms with Crippen molar-refractivity contribution in [3.63, 3.8) is 0 Å². The number of piperidine rings is 1. The number of rotatable bonds is 2. The summed E-state index contributed by atoms with van der Waals surface area (Å²) in [6, 6.07) is 7.61. The number of nitrogens with two attached hydrogens (primary N) is 1. The highest BCUT2D eigenvalue weighted by atomic mass is 16.2. The number of hydrogen-bond donors (Lipinski definition) is 2. The van der Waals surface area contributed by atoms with Crippen molar-refractivity contribution in [2.45, 2.75) is 19.8 Å². The SMILES string of the molecule is Cc1ccccc1C(=O)N1CCCC(C(=N)N)C1. The topological polar surface area (TPSA) is 70.2 Å². The van der Waals surface area contributed by atoms with Crippen molar-refractivity contribution < 1.29 is 4.79 Å². The zero-order valence-electron chi connectivity index (χ0n) is 10.6. The molecule has 18 heavy (non-hydrogen) atoms. The van der Waals surface area contributed by atoms with Gasteiger partial charge in [0.05, 0.1) is 5.84 Å². The number of benzene rings is 1. The zero-order chi connectivity index (χ0) is 13.1. The van der Waals surface area contributed by atoms with Crippen LogP contribution in [0.15, 0.2) is 24.3 Å². The Balaban J connectivity index is 2.14. The Kier molecular flexibility index (Phi) is 3.65. The van der Waals surface area contributed by atoms with Crippen LogP contribution in [0.5, 0.6) is 0 Å². The average molecular weight is 245 g/mol. The Morgan fingerprint density at radius 2 is 2.17 bits per heavy atom. The molecule has 0 saturated carbocycles. The maximum absolute atomic E-state index is 12.4. The third-order valence-corrected chi connectivity index (χ3v) is 3.52. The second kappa shape index (κ2) is 5.21. The van der Waals surface area contributed by atoms with Crippen LogP contribution in [0.1, 0.15) is 28.8 Å². The number of aryl methyl sites for hydroxylation is 1. The molecule has 4 heteroatoms. The summed E-state index contributed by atoms with van der Waals surface area (Å²) in [6.45, 7) is 3.28. The molecule has 1 aromatic carbocycles. The van der Waals surface area contributed by atoms with Gasteiger partial charge < -0.3 is 10.6 Å². The number of amidine groups is 1. The molecule has 1 heterocycles. The molecule has 3 N–H and O–H groups in total. The van der Waals surface area contributed by atoms with Gasteiger partial charge in [-0.05, 0) is 31.4 Å². The molecule has 96 valence electrons. The molecule has 1 aliphatic heterocycles. The van der Waals surface area contributed by atoms with Crippen molar-refractivity contribution in [1.29, 1.82) is 5.41 Å². The third-order valence-electron chi connectivity index (χ3n) is 3.52. The maximum atomic E-state index is 12.4. The molecule has 1 amide bonds. The van der Waals surface area contributed by atoms with Gasteiger partial charge in [-0.1, -0.05) is 18.2 Å². The van der Waals surface area contributed by atoms with Crippen LogP contribution in [0.4, 0.5) is 0 Å². The van der Waals surface area contributed by atoms with Gasteiger partial charge >= 0.3 is 0 Å². The normalized spacial score (nSPS) is 19.6. The van der Waals surface area contributed by atoms with Gasteiger partial charge in [-0.25, -0.2) is 0 Å². The van der Waals surface area contributed by atoms with Crippen molar-refractivity contribution in [3.8, 4) is 0 Å². The van der Waals surface area contributed by atoms with Gasteiger partial charge in [0.25, 0.3) is 5.91 Å². The molecule has 1 aliphatic rings. The summed E-state index contributed by atoms with van der Waals surface area (Å²) in [4.78, 5) is 14.2. The number of carbonyl (C=O) groups is 1. The van der Waals surface area contributed by atoms with Crippen LogP contribution in [0, 0.1) is 18.3 Å². The Hall–Kier alpha value is -1.84. The highest BCUT2D eigenvalue weighted by Gasteiger charge is 2.26. The van der Waals surface area contributed by atoms with Crippen molar-refractivity contribution in [1.82, 2.24) is 4.90 Å². The average Bonchev–Trinajstić information content (AvgIpc) is 2.38. The Bertz CT molecular complexity index is 470. The fourth-order valence-corrected chi connectivity index (χ4v) is 2.40. The van der Waals surface area contributed by atoms with Crippen LogP contribution in [-0.2, 0) is 0 Å². The molecule has 1 atom stereocenters. The minimum absolute atomic E-state index is 0.0201. The predicted molar refractivity (Wildman–Crippen MR) is 71.7 cm³/mol.